The Hall–Kier alpha value is -2.04. The van der Waals surface area contributed by atoms with E-state index in [4.69, 9.17) is 11.5 Å². The summed E-state index contributed by atoms with van der Waals surface area (Å²) in [6.07, 6.45) is 1.46. The third kappa shape index (κ3) is 2.16. The summed E-state index contributed by atoms with van der Waals surface area (Å²) in [4.78, 5) is 25.2. The molecule has 18 heavy (non-hydrogen) atoms. The van der Waals surface area contributed by atoms with Crippen molar-refractivity contribution in [3.05, 3.63) is 29.3 Å². The Labute approximate surface area is 106 Å². The second-order valence-electron chi connectivity index (χ2n) is 4.63. The van der Waals surface area contributed by atoms with Crippen molar-refractivity contribution in [1.29, 1.82) is 0 Å². The van der Waals surface area contributed by atoms with Gasteiger partial charge in [-0.25, -0.2) is 0 Å². The summed E-state index contributed by atoms with van der Waals surface area (Å²) in [5, 5.41) is 0. The van der Waals surface area contributed by atoms with Crippen LogP contribution in [0.4, 0.5) is 5.69 Å². The Morgan fingerprint density at radius 1 is 1.39 bits per heavy atom. The number of nitrogen functional groups attached to an aromatic ring is 1. The zero-order valence-corrected chi connectivity index (χ0v) is 10.3. The van der Waals surface area contributed by atoms with Crippen LogP contribution in [-0.4, -0.2) is 29.3 Å². The van der Waals surface area contributed by atoms with Crippen molar-refractivity contribution in [3.63, 3.8) is 0 Å². The molecule has 1 aliphatic rings. The van der Waals surface area contributed by atoms with E-state index in [9.17, 15) is 9.59 Å². The van der Waals surface area contributed by atoms with Crippen LogP contribution in [0.1, 0.15) is 28.8 Å². The summed E-state index contributed by atoms with van der Waals surface area (Å²) < 4.78 is 0. The van der Waals surface area contributed by atoms with E-state index in [1.165, 1.54) is 0 Å². The predicted molar refractivity (Wildman–Crippen MR) is 68.8 cm³/mol. The number of primary amides is 1. The van der Waals surface area contributed by atoms with Crippen molar-refractivity contribution < 1.29 is 9.59 Å². The molecule has 1 unspecified atom stereocenters. The van der Waals surface area contributed by atoms with Gasteiger partial charge in [0.25, 0.3) is 5.91 Å². The molecule has 1 aromatic carbocycles. The third-order valence-electron chi connectivity index (χ3n) is 3.32. The molecule has 0 radical (unpaired) electrons. The van der Waals surface area contributed by atoms with Gasteiger partial charge in [-0.05, 0) is 43.5 Å². The Balaban J connectivity index is 2.28. The first-order chi connectivity index (χ1) is 8.50. The molecule has 0 spiro atoms. The van der Waals surface area contributed by atoms with Crippen LogP contribution in [0, 0.1) is 6.92 Å². The van der Waals surface area contributed by atoms with Gasteiger partial charge >= 0.3 is 0 Å². The first-order valence-electron chi connectivity index (χ1n) is 5.97. The molecule has 1 fully saturated rings. The minimum atomic E-state index is -0.477. The molecule has 0 aromatic heterocycles. The number of aryl methyl sites for hydroxylation is 1. The molecule has 96 valence electrons. The largest absolute Gasteiger partial charge is 0.399 e. The predicted octanol–water partition coefficient (Wildman–Crippen LogP) is 0.667. The van der Waals surface area contributed by atoms with Crippen molar-refractivity contribution >= 4 is 17.5 Å². The maximum Gasteiger partial charge on any atom is 0.254 e. The summed E-state index contributed by atoms with van der Waals surface area (Å²) in [7, 11) is 0. The summed E-state index contributed by atoms with van der Waals surface area (Å²) >= 11 is 0. The number of nitrogens with two attached hydrogens (primary N) is 2. The average Bonchev–Trinajstić information content (AvgIpc) is 2.77. The van der Waals surface area contributed by atoms with Crippen LogP contribution in [0.5, 0.6) is 0 Å². The van der Waals surface area contributed by atoms with E-state index in [2.05, 4.69) is 0 Å². The van der Waals surface area contributed by atoms with E-state index in [1.807, 2.05) is 6.92 Å². The lowest BCUT2D eigenvalue weighted by Crippen LogP contribution is -2.43. The molecule has 0 bridgehead atoms. The molecule has 1 aromatic rings. The van der Waals surface area contributed by atoms with E-state index in [-0.39, 0.29) is 5.91 Å². The third-order valence-corrected chi connectivity index (χ3v) is 3.32. The lowest BCUT2D eigenvalue weighted by Gasteiger charge is -2.23. The fourth-order valence-corrected chi connectivity index (χ4v) is 2.39. The summed E-state index contributed by atoms with van der Waals surface area (Å²) in [5.41, 5.74) is 13.0. The zero-order valence-electron chi connectivity index (χ0n) is 10.3. The topological polar surface area (TPSA) is 89.4 Å². The maximum absolute atomic E-state index is 12.4. The standard InChI is InChI=1S/C13H17N3O2/c1-8-7-9(14)4-5-10(8)13(18)16-6-2-3-11(16)12(15)17/h4-5,7,11H,2-3,6,14H2,1H3,(H2,15,17). The van der Waals surface area contributed by atoms with E-state index < -0.39 is 11.9 Å². The maximum atomic E-state index is 12.4. The molecular weight excluding hydrogens is 230 g/mol. The van der Waals surface area contributed by atoms with Gasteiger partial charge in [0.15, 0.2) is 0 Å². The number of hydrogen-bond acceptors (Lipinski definition) is 3. The Bertz CT molecular complexity index is 499. The van der Waals surface area contributed by atoms with Crippen LogP contribution in [0.15, 0.2) is 18.2 Å². The highest BCUT2D eigenvalue weighted by Crippen LogP contribution is 2.22. The number of benzene rings is 1. The van der Waals surface area contributed by atoms with Gasteiger partial charge < -0.3 is 16.4 Å². The minimum absolute atomic E-state index is 0.145. The first kappa shape index (κ1) is 12.4. The van der Waals surface area contributed by atoms with Crippen LogP contribution in [-0.2, 0) is 4.79 Å². The summed E-state index contributed by atoms with van der Waals surface area (Å²) in [6, 6.07) is 4.66. The molecule has 0 aliphatic carbocycles. The average molecular weight is 247 g/mol. The van der Waals surface area contributed by atoms with E-state index in [0.29, 0.717) is 24.2 Å². The molecular formula is C13H17N3O2. The minimum Gasteiger partial charge on any atom is -0.399 e. The van der Waals surface area contributed by atoms with Gasteiger partial charge in [-0.1, -0.05) is 0 Å². The number of anilines is 1. The molecule has 2 amide bonds. The monoisotopic (exact) mass is 247 g/mol. The van der Waals surface area contributed by atoms with E-state index in [1.54, 1.807) is 23.1 Å². The fourth-order valence-electron chi connectivity index (χ4n) is 2.39. The molecule has 1 aliphatic heterocycles. The second-order valence-corrected chi connectivity index (χ2v) is 4.63. The summed E-state index contributed by atoms with van der Waals surface area (Å²) in [6.45, 7) is 2.41. The zero-order chi connectivity index (χ0) is 13.3. The van der Waals surface area contributed by atoms with Gasteiger partial charge in [0.2, 0.25) is 5.91 Å². The van der Waals surface area contributed by atoms with Crippen LogP contribution < -0.4 is 11.5 Å². The second kappa shape index (κ2) is 4.68. The van der Waals surface area contributed by atoms with Crippen LogP contribution in [0.3, 0.4) is 0 Å². The fraction of sp³-hybridized carbons (Fsp3) is 0.385. The first-order valence-corrected chi connectivity index (χ1v) is 5.97. The smallest absolute Gasteiger partial charge is 0.254 e. The molecule has 2 rings (SSSR count). The van der Waals surface area contributed by atoms with Gasteiger partial charge in [-0.15, -0.1) is 0 Å². The van der Waals surface area contributed by atoms with Crippen LogP contribution in [0.25, 0.3) is 0 Å². The number of carbonyl (C=O) groups excluding carboxylic acids is 2. The molecule has 1 saturated heterocycles. The molecule has 1 atom stereocenters. The van der Waals surface area contributed by atoms with E-state index in [0.717, 1.165) is 12.0 Å². The van der Waals surface area contributed by atoms with Gasteiger partial charge in [-0.3, -0.25) is 9.59 Å². The lowest BCUT2D eigenvalue weighted by atomic mass is 10.1. The van der Waals surface area contributed by atoms with Crippen molar-refractivity contribution in [3.8, 4) is 0 Å². The van der Waals surface area contributed by atoms with Crippen molar-refractivity contribution in [2.45, 2.75) is 25.8 Å². The highest BCUT2D eigenvalue weighted by molar-refractivity contribution is 5.99. The number of nitrogens with zero attached hydrogens (tertiary/aromatic N) is 1. The van der Waals surface area contributed by atoms with Crippen LogP contribution >= 0.6 is 0 Å². The number of rotatable bonds is 2. The quantitative estimate of drug-likeness (QED) is 0.752. The number of carbonyl (C=O) groups is 2. The van der Waals surface area contributed by atoms with Gasteiger partial charge in [0.1, 0.15) is 6.04 Å². The van der Waals surface area contributed by atoms with Crippen molar-refractivity contribution in [1.82, 2.24) is 4.90 Å². The summed E-state index contributed by atoms with van der Waals surface area (Å²) in [5.74, 6) is -0.581. The van der Waals surface area contributed by atoms with Crippen LogP contribution in [0.2, 0.25) is 0 Å². The number of amides is 2. The lowest BCUT2D eigenvalue weighted by molar-refractivity contribution is -0.121. The van der Waals surface area contributed by atoms with Gasteiger partial charge in [-0.2, -0.15) is 0 Å². The molecule has 0 saturated carbocycles. The Morgan fingerprint density at radius 3 is 2.72 bits per heavy atom. The highest BCUT2D eigenvalue weighted by atomic mass is 16.2. The highest BCUT2D eigenvalue weighted by Gasteiger charge is 2.33. The van der Waals surface area contributed by atoms with Crippen molar-refractivity contribution in [2.75, 3.05) is 12.3 Å². The van der Waals surface area contributed by atoms with Crippen molar-refractivity contribution in [2.24, 2.45) is 5.73 Å². The van der Waals surface area contributed by atoms with Gasteiger partial charge in [0.05, 0.1) is 0 Å². The van der Waals surface area contributed by atoms with E-state index >= 15 is 0 Å². The number of likely N-dealkylation sites (tertiary alicyclic amines) is 1. The Morgan fingerprint density at radius 2 is 2.11 bits per heavy atom. The van der Waals surface area contributed by atoms with Gasteiger partial charge in [0, 0.05) is 17.8 Å². The molecule has 4 N–H and O–H groups in total. The molecule has 1 heterocycles. The SMILES string of the molecule is Cc1cc(N)ccc1C(=O)N1CCCC1C(N)=O. The molecule has 5 heteroatoms. The normalized spacial score (nSPS) is 18.9. The Kier molecular flexibility index (Phi) is 3.23. The number of hydrogen-bond donors (Lipinski definition) is 2. The molecule has 5 nitrogen and oxygen atoms in total.